The number of likely N-dealkylation sites (N-methyl/N-ethyl adjacent to an activating group) is 1. The number of rotatable bonds is 4. The molecule has 0 radical (unpaired) electrons. The van der Waals surface area contributed by atoms with Crippen LogP contribution in [0.15, 0.2) is 48.5 Å². The molecule has 3 N–H and O–H groups in total. The van der Waals surface area contributed by atoms with Crippen molar-refractivity contribution in [1.29, 1.82) is 0 Å². The van der Waals surface area contributed by atoms with Gasteiger partial charge in [-0.15, -0.1) is 0 Å². The van der Waals surface area contributed by atoms with Crippen molar-refractivity contribution in [2.75, 3.05) is 20.1 Å². The van der Waals surface area contributed by atoms with Gasteiger partial charge in [0.2, 0.25) is 17.7 Å². The predicted molar refractivity (Wildman–Crippen MR) is 158 cm³/mol. The lowest BCUT2D eigenvalue weighted by molar-refractivity contribution is -0.141. The molecule has 4 atom stereocenters. The standard InChI is InChI=1S/C32H45FN4O4/c1-7-10-26-31(40)37(6)22(3)29(38)36-27(19-23-13-15-24(33)16-14-23)30(39)34-18-17-32(4,5)25-11-8-9-12-28(25)41-21(2)20-35-26/h8-9,11-16,21-22,26-27,35H,7,10,17-20H2,1-6H3,(H,34,39)(H,36,38)/t21-,22-,26+,27-/m1/s1. The molecule has 0 saturated heterocycles. The Morgan fingerprint density at radius 1 is 1.00 bits per heavy atom. The molecule has 0 unspecified atom stereocenters. The largest absolute Gasteiger partial charge is 0.489 e. The third-order valence-electron chi connectivity index (χ3n) is 7.81. The van der Waals surface area contributed by atoms with E-state index in [0.29, 0.717) is 31.5 Å². The minimum atomic E-state index is -0.901. The van der Waals surface area contributed by atoms with Gasteiger partial charge in [-0.1, -0.05) is 57.5 Å². The van der Waals surface area contributed by atoms with Crippen molar-refractivity contribution >= 4 is 17.7 Å². The SMILES string of the molecule is CCC[C@@H]1NC[C@@H](C)Oc2ccccc2C(C)(C)CCNC(=O)[C@@H](Cc2ccc(F)cc2)NC(=O)[C@@H](C)N(C)C1=O. The molecule has 0 saturated carbocycles. The minimum absolute atomic E-state index is 0.181. The van der Waals surface area contributed by atoms with Crippen LogP contribution in [0.2, 0.25) is 0 Å². The molecule has 224 valence electrons. The first kappa shape index (κ1) is 32.1. The molecule has 3 rings (SSSR count). The molecule has 2 aromatic rings. The minimum Gasteiger partial charge on any atom is -0.489 e. The summed E-state index contributed by atoms with van der Waals surface area (Å²) in [5.41, 5.74) is 1.41. The highest BCUT2D eigenvalue weighted by Crippen LogP contribution is 2.34. The first-order valence-corrected chi connectivity index (χ1v) is 14.5. The zero-order valence-electron chi connectivity index (χ0n) is 25.1. The van der Waals surface area contributed by atoms with Gasteiger partial charge in [0.1, 0.15) is 29.8 Å². The summed E-state index contributed by atoms with van der Waals surface area (Å²) < 4.78 is 19.9. The van der Waals surface area contributed by atoms with Crippen molar-refractivity contribution in [3.63, 3.8) is 0 Å². The Bertz CT molecular complexity index is 1190. The molecule has 0 spiro atoms. The van der Waals surface area contributed by atoms with Crippen molar-refractivity contribution in [3.05, 3.63) is 65.5 Å². The smallest absolute Gasteiger partial charge is 0.243 e. The Balaban J connectivity index is 1.93. The number of hydrogen-bond acceptors (Lipinski definition) is 5. The van der Waals surface area contributed by atoms with Gasteiger partial charge in [0.05, 0.1) is 6.04 Å². The number of carbonyl (C=O) groups excluding carboxylic acids is 3. The lowest BCUT2D eigenvalue weighted by atomic mass is 9.81. The first-order chi connectivity index (χ1) is 19.4. The lowest BCUT2D eigenvalue weighted by Crippen LogP contribution is -2.56. The van der Waals surface area contributed by atoms with Crippen molar-refractivity contribution in [3.8, 4) is 5.75 Å². The number of fused-ring (bicyclic) bond motifs is 1. The summed E-state index contributed by atoms with van der Waals surface area (Å²) in [5.74, 6) is -0.597. The van der Waals surface area contributed by atoms with Gasteiger partial charge in [-0.05, 0) is 61.4 Å². The molecular weight excluding hydrogens is 523 g/mol. The number of nitrogens with zero attached hydrogens (tertiary/aromatic N) is 1. The zero-order chi connectivity index (χ0) is 30.2. The topological polar surface area (TPSA) is 99.8 Å². The Labute approximate surface area is 243 Å². The first-order valence-electron chi connectivity index (χ1n) is 14.5. The molecule has 1 aliphatic heterocycles. The van der Waals surface area contributed by atoms with E-state index in [0.717, 1.165) is 17.7 Å². The maximum atomic E-state index is 13.5. The third kappa shape index (κ3) is 8.76. The lowest BCUT2D eigenvalue weighted by Gasteiger charge is -2.32. The summed E-state index contributed by atoms with van der Waals surface area (Å²) in [6, 6.07) is 11.5. The van der Waals surface area contributed by atoms with E-state index in [1.807, 2.05) is 38.1 Å². The van der Waals surface area contributed by atoms with Gasteiger partial charge in [0.25, 0.3) is 0 Å². The number of halogens is 1. The number of carbonyl (C=O) groups is 3. The van der Waals surface area contributed by atoms with E-state index < -0.39 is 24.0 Å². The summed E-state index contributed by atoms with van der Waals surface area (Å²) in [6.45, 7) is 10.7. The van der Waals surface area contributed by atoms with Crippen LogP contribution in [0, 0.1) is 5.82 Å². The Hall–Kier alpha value is -3.46. The van der Waals surface area contributed by atoms with E-state index in [1.165, 1.54) is 17.0 Å². The fourth-order valence-corrected chi connectivity index (χ4v) is 5.02. The summed E-state index contributed by atoms with van der Waals surface area (Å²) in [6.07, 6.45) is 1.99. The predicted octanol–water partition coefficient (Wildman–Crippen LogP) is 3.72. The maximum Gasteiger partial charge on any atom is 0.243 e. The van der Waals surface area contributed by atoms with Crippen molar-refractivity contribution in [2.45, 2.75) is 89.9 Å². The van der Waals surface area contributed by atoms with E-state index >= 15 is 0 Å². The average molecular weight is 569 g/mol. The van der Waals surface area contributed by atoms with Gasteiger partial charge in [-0.25, -0.2) is 4.39 Å². The van der Waals surface area contributed by atoms with Crippen LogP contribution in [0.1, 0.15) is 65.0 Å². The Morgan fingerprint density at radius 2 is 1.68 bits per heavy atom. The van der Waals surface area contributed by atoms with E-state index in [-0.39, 0.29) is 35.6 Å². The summed E-state index contributed by atoms with van der Waals surface area (Å²) >= 11 is 0. The normalized spacial score (nSPS) is 24.8. The molecule has 41 heavy (non-hydrogen) atoms. The third-order valence-corrected chi connectivity index (χ3v) is 7.81. The molecule has 0 bridgehead atoms. The maximum absolute atomic E-state index is 13.5. The highest BCUT2D eigenvalue weighted by Gasteiger charge is 2.32. The van der Waals surface area contributed by atoms with Crippen LogP contribution in [-0.4, -0.2) is 67.0 Å². The molecule has 2 aromatic carbocycles. The van der Waals surface area contributed by atoms with Gasteiger partial charge in [0, 0.05) is 26.6 Å². The van der Waals surface area contributed by atoms with Crippen molar-refractivity contribution in [1.82, 2.24) is 20.9 Å². The van der Waals surface area contributed by atoms with Gasteiger partial charge >= 0.3 is 0 Å². The molecule has 0 aromatic heterocycles. The molecule has 1 heterocycles. The zero-order valence-corrected chi connectivity index (χ0v) is 25.1. The quantitative estimate of drug-likeness (QED) is 0.522. The molecular formula is C32H45FN4O4. The van der Waals surface area contributed by atoms with Crippen LogP contribution < -0.4 is 20.7 Å². The number of benzene rings is 2. The van der Waals surface area contributed by atoms with Gasteiger partial charge in [-0.2, -0.15) is 0 Å². The molecule has 1 aliphatic rings. The monoisotopic (exact) mass is 568 g/mol. The fourth-order valence-electron chi connectivity index (χ4n) is 5.02. The number of hydrogen-bond donors (Lipinski definition) is 3. The van der Waals surface area contributed by atoms with Crippen molar-refractivity contribution in [2.24, 2.45) is 0 Å². The van der Waals surface area contributed by atoms with Crippen LogP contribution >= 0.6 is 0 Å². The second-order valence-electron chi connectivity index (χ2n) is 11.6. The van der Waals surface area contributed by atoms with Crippen LogP contribution in [0.4, 0.5) is 4.39 Å². The van der Waals surface area contributed by atoms with Gasteiger partial charge < -0.3 is 25.6 Å². The summed E-state index contributed by atoms with van der Waals surface area (Å²) in [4.78, 5) is 41.6. The van der Waals surface area contributed by atoms with Crippen LogP contribution in [-0.2, 0) is 26.2 Å². The second-order valence-corrected chi connectivity index (χ2v) is 11.6. The molecule has 8 nitrogen and oxygen atoms in total. The average Bonchev–Trinajstić information content (AvgIpc) is 2.94. The van der Waals surface area contributed by atoms with E-state index in [2.05, 4.69) is 29.8 Å². The summed E-state index contributed by atoms with van der Waals surface area (Å²) in [5, 5.41) is 9.18. The Morgan fingerprint density at radius 3 is 2.37 bits per heavy atom. The Kier molecular flexibility index (Phi) is 11.3. The van der Waals surface area contributed by atoms with Gasteiger partial charge in [0.15, 0.2) is 0 Å². The van der Waals surface area contributed by atoms with E-state index in [1.54, 1.807) is 26.1 Å². The number of ether oxygens (including phenoxy) is 1. The van der Waals surface area contributed by atoms with Gasteiger partial charge in [-0.3, -0.25) is 14.4 Å². The van der Waals surface area contributed by atoms with Crippen LogP contribution in [0.5, 0.6) is 5.75 Å². The molecule has 0 fully saturated rings. The van der Waals surface area contributed by atoms with Crippen LogP contribution in [0.25, 0.3) is 0 Å². The van der Waals surface area contributed by atoms with E-state index in [4.69, 9.17) is 4.74 Å². The second kappa shape index (κ2) is 14.4. The fraction of sp³-hybridized carbons (Fsp3) is 0.531. The highest BCUT2D eigenvalue weighted by molar-refractivity contribution is 5.93. The van der Waals surface area contributed by atoms with Crippen molar-refractivity contribution < 1.29 is 23.5 Å². The summed E-state index contributed by atoms with van der Waals surface area (Å²) in [7, 11) is 1.60. The number of para-hydroxylation sites is 1. The molecule has 0 aliphatic carbocycles. The molecule has 9 heteroatoms. The van der Waals surface area contributed by atoms with Crippen LogP contribution in [0.3, 0.4) is 0 Å². The number of amides is 3. The number of nitrogens with one attached hydrogen (secondary N) is 3. The molecule has 3 amide bonds. The van der Waals surface area contributed by atoms with E-state index in [9.17, 15) is 18.8 Å². The highest BCUT2D eigenvalue weighted by atomic mass is 19.1.